The molecule has 0 aliphatic heterocycles. The number of carboxylic acids is 1. The first-order valence-corrected chi connectivity index (χ1v) is 5.94. The summed E-state index contributed by atoms with van der Waals surface area (Å²) in [6.45, 7) is 5.75. The van der Waals surface area contributed by atoms with Gasteiger partial charge in [-0.05, 0) is 13.8 Å². The number of hydrogen-bond donors (Lipinski definition) is 2. The second kappa shape index (κ2) is 6.08. The summed E-state index contributed by atoms with van der Waals surface area (Å²) in [5, 5.41) is 8.02. The van der Waals surface area contributed by atoms with Gasteiger partial charge < -0.3 is 14.6 Å². The van der Waals surface area contributed by atoms with Crippen molar-refractivity contribution < 1.29 is 29.0 Å². The third-order valence-corrected chi connectivity index (χ3v) is 2.77. The number of carbonyl (C=O) groups is 3. The van der Waals surface area contributed by atoms with Crippen LogP contribution in [0.25, 0.3) is 0 Å². The highest BCUT2D eigenvalue weighted by Crippen LogP contribution is 2.28. The average Bonchev–Trinajstić information content (AvgIpc) is 2.26. The third kappa shape index (κ3) is 3.90. The standard InChI is InChI=1S/C11H18O6S/c1-5-11(6-2,17-9(15)18)16-8(14)10(3,4)7(12)13/h5-6H2,1-4H3,(H,12,13)(H,15,18). The quantitative estimate of drug-likeness (QED) is 0.335. The van der Waals surface area contributed by atoms with Crippen LogP contribution in [0.3, 0.4) is 0 Å². The summed E-state index contributed by atoms with van der Waals surface area (Å²) < 4.78 is 9.93. The van der Waals surface area contributed by atoms with Crippen LogP contribution < -0.4 is 0 Å². The summed E-state index contributed by atoms with van der Waals surface area (Å²) in [5.74, 6) is -3.75. The van der Waals surface area contributed by atoms with Gasteiger partial charge in [0.1, 0.15) is 0 Å². The van der Waals surface area contributed by atoms with E-state index in [1.807, 2.05) is 0 Å². The molecule has 0 bridgehead atoms. The van der Waals surface area contributed by atoms with Crippen molar-refractivity contribution in [3.05, 3.63) is 0 Å². The fraction of sp³-hybridized carbons (Fsp3) is 0.727. The van der Waals surface area contributed by atoms with Gasteiger partial charge in [0.25, 0.3) is 5.79 Å². The molecule has 0 saturated heterocycles. The van der Waals surface area contributed by atoms with Crippen LogP contribution in [0, 0.1) is 5.41 Å². The van der Waals surface area contributed by atoms with Gasteiger partial charge >= 0.3 is 17.2 Å². The molecule has 0 fully saturated rings. The summed E-state index contributed by atoms with van der Waals surface area (Å²) in [5.41, 5.74) is -1.71. The molecule has 0 aromatic rings. The van der Waals surface area contributed by atoms with E-state index in [0.29, 0.717) is 0 Å². The third-order valence-electron chi connectivity index (χ3n) is 2.67. The van der Waals surface area contributed by atoms with E-state index in [2.05, 4.69) is 12.6 Å². The minimum Gasteiger partial charge on any atom is -0.480 e. The van der Waals surface area contributed by atoms with E-state index in [9.17, 15) is 14.4 Å². The van der Waals surface area contributed by atoms with Gasteiger partial charge in [0.05, 0.1) is 0 Å². The lowest BCUT2D eigenvalue weighted by molar-refractivity contribution is -0.217. The topological polar surface area (TPSA) is 89.9 Å². The van der Waals surface area contributed by atoms with Crippen molar-refractivity contribution in [1.82, 2.24) is 0 Å². The number of hydrogen-bond acceptors (Lipinski definition) is 5. The normalized spacial score (nSPS) is 11.8. The maximum atomic E-state index is 11.8. The van der Waals surface area contributed by atoms with Crippen LogP contribution >= 0.6 is 12.6 Å². The van der Waals surface area contributed by atoms with Crippen LogP contribution in [0.2, 0.25) is 0 Å². The first-order valence-electron chi connectivity index (χ1n) is 5.50. The first kappa shape index (κ1) is 16.8. The number of thiol groups is 1. The van der Waals surface area contributed by atoms with Crippen LogP contribution in [-0.4, -0.2) is 28.1 Å². The van der Waals surface area contributed by atoms with Crippen molar-refractivity contribution >= 4 is 29.9 Å². The van der Waals surface area contributed by atoms with Gasteiger partial charge in [0.15, 0.2) is 5.41 Å². The summed E-state index contributed by atoms with van der Waals surface area (Å²) in [7, 11) is 0. The fourth-order valence-electron chi connectivity index (χ4n) is 1.10. The Morgan fingerprint density at radius 1 is 1.11 bits per heavy atom. The van der Waals surface area contributed by atoms with E-state index in [-0.39, 0.29) is 12.8 Å². The molecule has 18 heavy (non-hydrogen) atoms. The minimum atomic E-state index is -1.71. The van der Waals surface area contributed by atoms with Gasteiger partial charge in [-0.1, -0.05) is 26.5 Å². The van der Waals surface area contributed by atoms with Gasteiger partial charge in [-0.25, -0.2) is 4.79 Å². The Hall–Kier alpha value is -1.24. The molecule has 0 radical (unpaired) electrons. The lowest BCUT2D eigenvalue weighted by Crippen LogP contribution is -2.44. The van der Waals surface area contributed by atoms with E-state index < -0.39 is 28.4 Å². The number of esters is 1. The van der Waals surface area contributed by atoms with Crippen molar-refractivity contribution in [3.63, 3.8) is 0 Å². The van der Waals surface area contributed by atoms with Crippen LogP contribution in [0.5, 0.6) is 0 Å². The highest BCUT2D eigenvalue weighted by atomic mass is 32.1. The van der Waals surface area contributed by atoms with Crippen LogP contribution in [-0.2, 0) is 19.1 Å². The number of carboxylic acid groups (broad SMARTS) is 1. The van der Waals surface area contributed by atoms with Gasteiger partial charge in [-0.2, -0.15) is 0 Å². The monoisotopic (exact) mass is 278 g/mol. The Balaban J connectivity index is 5.06. The molecule has 0 aromatic heterocycles. The zero-order valence-electron chi connectivity index (χ0n) is 10.8. The summed E-state index contributed by atoms with van der Waals surface area (Å²) in [4.78, 5) is 33.6. The van der Waals surface area contributed by atoms with E-state index in [1.54, 1.807) is 13.8 Å². The molecule has 0 heterocycles. The SMILES string of the molecule is CCC(CC)(OC(=O)S)OC(=O)C(C)(C)C(=O)O. The molecule has 104 valence electrons. The van der Waals surface area contributed by atoms with Crippen molar-refractivity contribution in [2.24, 2.45) is 5.41 Å². The maximum Gasteiger partial charge on any atom is 0.367 e. The lowest BCUT2D eigenvalue weighted by Gasteiger charge is -2.32. The van der Waals surface area contributed by atoms with Gasteiger partial charge in [0, 0.05) is 12.8 Å². The zero-order valence-corrected chi connectivity index (χ0v) is 11.7. The smallest absolute Gasteiger partial charge is 0.367 e. The molecular formula is C11H18O6S. The summed E-state index contributed by atoms with van der Waals surface area (Å²) >= 11 is 3.47. The maximum absolute atomic E-state index is 11.8. The number of ether oxygens (including phenoxy) is 2. The van der Waals surface area contributed by atoms with Crippen LogP contribution in [0.1, 0.15) is 40.5 Å². The van der Waals surface area contributed by atoms with Gasteiger partial charge in [-0.3, -0.25) is 9.59 Å². The largest absolute Gasteiger partial charge is 0.480 e. The first-order chi connectivity index (χ1) is 8.11. The van der Waals surface area contributed by atoms with Crippen LogP contribution in [0.4, 0.5) is 4.79 Å². The molecule has 7 heteroatoms. The molecule has 0 aliphatic rings. The Labute approximate surface area is 111 Å². The summed E-state index contributed by atoms with van der Waals surface area (Å²) in [6, 6.07) is 0. The Bertz CT molecular complexity index is 345. The van der Waals surface area contributed by atoms with Crippen LogP contribution in [0.15, 0.2) is 0 Å². The average molecular weight is 278 g/mol. The van der Waals surface area contributed by atoms with Crippen molar-refractivity contribution in [2.75, 3.05) is 0 Å². The molecule has 1 N–H and O–H groups in total. The Morgan fingerprint density at radius 2 is 1.56 bits per heavy atom. The molecule has 6 nitrogen and oxygen atoms in total. The van der Waals surface area contributed by atoms with E-state index in [1.165, 1.54) is 13.8 Å². The van der Waals surface area contributed by atoms with Gasteiger partial charge in [0.2, 0.25) is 0 Å². The van der Waals surface area contributed by atoms with E-state index in [0.717, 1.165) is 0 Å². The molecule has 0 aliphatic carbocycles. The molecule has 0 rings (SSSR count). The Kier molecular flexibility index (Phi) is 5.66. The Morgan fingerprint density at radius 3 is 1.83 bits per heavy atom. The van der Waals surface area contributed by atoms with Gasteiger partial charge in [-0.15, -0.1) is 0 Å². The molecule has 0 aromatic carbocycles. The zero-order chi connectivity index (χ0) is 14.6. The molecule has 0 amide bonds. The predicted molar refractivity (Wildman–Crippen MR) is 66.3 cm³/mol. The lowest BCUT2D eigenvalue weighted by atomic mass is 9.94. The molecular weight excluding hydrogens is 260 g/mol. The molecule has 0 atom stereocenters. The second-order valence-electron chi connectivity index (χ2n) is 4.31. The predicted octanol–water partition coefficient (Wildman–Crippen LogP) is 2.22. The van der Waals surface area contributed by atoms with Crippen molar-refractivity contribution in [1.29, 1.82) is 0 Å². The van der Waals surface area contributed by atoms with E-state index in [4.69, 9.17) is 14.6 Å². The molecule has 0 spiro atoms. The fourth-order valence-corrected chi connectivity index (χ4v) is 1.27. The van der Waals surface area contributed by atoms with E-state index >= 15 is 0 Å². The number of carbonyl (C=O) groups excluding carboxylic acids is 2. The minimum absolute atomic E-state index is 0.206. The second-order valence-corrected chi connectivity index (χ2v) is 4.67. The molecule has 0 saturated carbocycles. The molecule has 0 unspecified atom stereocenters. The number of aliphatic carboxylic acids is 1. The summed E-state index contributed by atoms with van der Waals surface area (Å²) in [6.07, 6.45) is 0.411. The number of rotatable bonds is 6. The highest BCUT2D eigenvalue weighted by molar-refractivity contribution is 7.96. The van der Waals surface area contributed by atoms with Crippen molar-refractivity contribution in [3.8, 4) is 0 Å². The van der Waals surface area contributed by atoms with Crippen molar-refractivity contribution in [2.45, 2.75) is 46.3 Å². The highest BCUT2D eigenvalue weighted by Gasteiger charge is 2.44.